The lowest BCUT2D eigenvalue weighted by molar-refractivity contribution is -0.124. The number of carbonyl (C=O) groups excluding carboxylic acids is 2. The van der Waals surface area contributed by atoms with Gasteiger partial charge in [0, 0.05) is 37.1 Å². The Morgan fingerprint density at radius 3 is 2.63 bits per heavy atom. The lowest BCUT2D eigenvalue weighted by Crippen LogP contribution is -2.45. The summed E-state index contributed by atoms with van der Waals surface area (Å²) in [5.74, 6) is -0.728. The van der Waals surface area contributed by atoms with E-state index in [0.29, 0.717) is 5.69 Å². The fourth-order valence-corrected chi connectivity index (χ4v) is 3.69. The Kier molecular flexibility index (Phi) is 5.76. The maximum atomic E-state index is 12.6. The number of nitrogens with zero attached hydrogens (tertiary/aromatic N) is 3. The summed E-state index contributed by atoms with van der Waals surface area (Å²) >= 11 is 0. The Labute approximate surface area is 173 Å². The van der Waals surface area contributed by atoms with E-state index in [1.165, 1.54) is 6.08 Å². The molecule has 1 fully saturated rings. The molecule has 0 unspecified atom stereocenters. The normalized spacial score (nSPS) is 14.9. The number of benzene rings is 1. The van der Waals surface area contributed by atoms with Crippen molar-refractivity contribution in [3.05, 3.63) is 72.1 Å². The van der Waals surface area contributed by atoms with E-state index in [1.54, 1.807) is 22.1 Å². The van der Waals surface area contributed by atoms with E-state index in [4.69, 9.17) is 5.21 Å². The van der Waals surface area contributed by atoms with E-state index in [-0.39, 0.29) is 11.9 Å². The molecule has 1 saturated heterocycles. The molecule has 3 aromatic rings. The molecule has 30 heavy (non-hydrogen) atoms. The summed E-state index contributed by atoms with van der Waals surface area (Å²) in [6.45, 7) is 1.57. The van der Waals surface area contributed by atoms with Gasteiger partial charge in [0.15, 0.2) is 5.69 Å². The summed E-state index contributed by atoms with van der Waals surface area (Å²) in [6.07, 6.45) is 6.42. The van der Waals surface area contributed by atoms with Crippen LogP contribution in [0.1, 0.15) is 28.9 Å². The van der Waals surface area contributed by atoms with Gasteiger partial charge in [-0.3, -0.25) is 14.8 Å². The Morgan fingerprint density at radius 1 is 1.10 bits per heavy atom. The molecule has 8 nitrogen and oxygen atoms in total. The predicted molar refractivity (Wildman–Crippen MR) is 113 cm³/mol. The van der Waals surface area contributed by atoms with Crippen LogP contribution in [0.2, 0.25) is 0 Å². The average molecular weight is 405 g/mol. The number of para-hydroxylation sites is 1. The van der Waals surface area contributed by atoms with Crippen LogP contribution in [0.4, 0.5) is 5.69 Å². The smallest absolute Gasteiger partial charge is 0.272 e. The SMILES string of the molecule is O=C(/C=C/c1ccccc1N1CCC(NC(=O)c2cc3ccccn3n2)CC1)NO. The van der Waals surface area contributed by atoms with Crippen LogP contribution < -0.4 is 15.7 Å². The van der Waals surface area contributed by atoms with Gasteiger partial charge in [0.25, 0.3) is 11.8 Å². The third kappa shape index (κ3) is 4.33. The van der Waals surface area contributed by atoms with Gasteiger partial charge in [-0.1, -0.05) is 24.3 Å². The molecule has 0 saturated carbocycles. The number of carbonyl (C=O) groups is 2. The number of aromatic nitrogens is 2. The minimum absolute atomic E-state index is 0.0847. The lowest BCUT2D eigenvalue weighted by atomic mass is 10.0. The number of rotatable bonds is 5. The second kappa shape index (κ2) is 8.79. The van der Waals surface area contributed by atoms with Crippen LogP contribution >= 0.6 is 0 Å². The van der Waals surface area contributed by atoms with Crippen molar-refractivity contribution < 1.29 is 14.8 Å². The monoisotopic (exact) mass is 405 g/mol. The van der Waals surface area contributed by atoms with Crippen LogP contribution in [-0.2, 0) is 4.79 Å². The van der Waals surface area contributed by atoms with E-state index in [0.717, 1.165) is 42.7 Å². The van der Waals surface area contributed by atoms with Gasteiger partial charge in [-0.2, -0.15) is 5.10 Å². The molecular formula is C22H23N5O3. The molecule has 3 heterocycles. The van der Waals surface area contributed by atoms with Crippen molar-refractivity contribution in [1.29, 1.82) is 0 Å². The van der Waals surface area contributed by atoms with E-state index in [9.17, 15) is 9.59 Å². The van der Waals surface area contributed by atoms with Crippen molar-refractivity contribution in [1.82, 2.24) is 20.4 Å². The molecule has 154 valence electrons. The Morgan fingerprint density at radius 2 is 1.87 bits per heavy atom. The first-order valence-electron chi connectivity index (χ1n) is 9.85. The molecule has 0 aliphatic carbocycles. The van der Waals surface area contributed by atoms with Crippen LogP contribution in [0, 0.1) is 0 Å². The van der Waals surface area contributed by atoms with Crippen molar-refractivity contribution in [3.8, 4) is 0 Å². The number of anilines is 1. The molecule has 0 radical (unpaired) electrons. The highest BCUT2D eigenvalue weighted by Gasteiger charge is 2.23. The number of fused-ring (bicyclic) bond motifs is 1. The van der Waals surface area contributed by atoms with Crippen LogP contribution in [0.15, 0.2) is 60.8 Å². The Balaban J connectivity index is 1.38. The molecule has 8 heteroatoms. The first-order chi connectivity index (χ1) is 14.6. The maximum Gasteiger partial charge on any atom is 0.272 e. The van der Waals surface area contributed by atoms with Gasteiger partial charge in [0.1, 0.15) is 0 Å². The standard InChI is InChI=1S/C22H23N5O3/c28-21(25-30)9-8-16-5-1-2-7-20(16)26-13-10-17(11-14-26)23-22(29)19-15-18-6-3-4-12-27(18)24-19/h1-9,12,15,17,30H,10-11,13-14H2,(H,23,29)(H,25,28)/b9-8+. The third-order valence-corrected chi connectivity index (χ3v) is 5.23. The molecule has 1 aromatic carbocycles. The zero-order valence-corrected chi connectivity index (χ0v) is 16.4. The maximum absolute atomic E-state index is 12.6. The van der Waals surface area contributed by atoms with Crippen molar-refractivity contribution in [2.24, 2.45) is 0 Å². The van der Waals surface area contributed by atoms with E-state index < -0.39 is 5.91 Å². The highest BCUT2D eigenvalue weighted by molar-refractivity contribution is 5.94. The minimum atomic E-state index is -0.571. The number of amides is 2. The fourth-order valence-electron chi connectivity index (χ4n) is 3.69. The molecule has 1 aliphatic rings. The number of hydrogen-bond acceptors (Lipinski definition) is 5. The topological polar surface area (TPSA) is 99.0 Å². The second-order valence-corrected chi connectivity index (χ2v) is 7.20. The number of nitrogens with one attached hydrogen (secondary N) is 2. The fraction of sp³-hybridized carbons (Fsp3) is 0.227. The van der Waals surface area contributed by atoms with Crippen molar-refractivity contribution >= 4 is 29.1 Å². The second-order valence-electron chi connectivity index (χ2n) is 7.20. The van der Waals surface area contributed by atoms with Crippen LogP contribution in [0.25, 0.3) is 11.6 Å². The van der Waals surface area contributed by atoms with E-state index in [2.05, 4.69) is 15.3 Å². The molecule has 2 amide bonds. The van der Waals surface area contributed by atoms with Crippen molar-refractivity contribution in [2.45, 2.75) is 18.9 Å². The molecular weight excluding hydrogens is 382 g/mol. The van der Waals surface area contributed by atoms with Crippen molar-refractivity contribution in [2.75, 3.05) is 18.0 Å². The molecule has 4 rings (SSSR count). The summed E-state index contributed by atoms with van der Waals surface area (Å²) < 4.78 is 1.69. The van der Waals surface area contributed by atoms with Gasteiger partial charge >= 0.3 is 0 Å². The summed E-state index contributed by atoms with van der Waals surface area (Å²) in [5, 5.41) is 16.1. The third-order valence-electron chi connectivity index (χ3n) is 5.23. The summed E-state index contributed by atoms with van der Waals surface area (Å²) in [4.78, 5) is 26.1. The molecule has 3 N–H and O–H groups in total. The number of piperidine rings is 1. The summed E-state index contributed by atoms with van der Waals surface area (Å²) in [7, 11) is 0. The number of hydrogen-bond donors (Lipinski definition) is 3. The van der Waals surface area contributed by atoms with E-state index >= 15 is 0 Å². The lowest BCUT2D eigenvalue weighted by Gasteiger charge is -2.34. The predicted octanol–water partition coefficient (Wildman–Crippen LogP) is 2.25. The molecule has 1 aliphatic heterocycles. The zero-order chi connectivity index (χ0) is 20.9. The van der Waals surface area contributed by atoms with E-state index in [1.807, 2.05) is 48.7 Å². The quantitative estimate of drug-likeness (QED) is 0.344. The molecule has 0 bridgehead atoms. The zero-order valence-electron chi connectivity index (χ0n) is 16.4. The van der Waals surface area contributed by atoms with Crippen LogP contribution in [0.5, 0.6) is 0 Å². The van der Waals surface area contributed by atoms with Gasteiger partial charge < -0.3 is 10.2 Å². The minimum Gasteiger partial charge on any atom is -0.371 e. The largest absolute Gasteiger partial charge is 0.371 e. The van der Waals surface area contributed by atoms with Gasteiger partial charge in [-0.25, -0.2) is 10.00 Å². The first-order valence-corrected chi connectivity index (χ1v) is 9.85. The van der Waals surface area contributed by atoms with Gasteiger partial charge in [0.05, 0.1) is 5.52 Å². The molecule has 0 spiro atoms. The van der Waals surface area contributed by atoms with Gasteiger partial charge in [0.2, 0.25) is 0 Å². The number of hydroxylamine groups is 1. The summed E-state index contributed by atoms with van der Waals surface area (Å²) in [6, 6.07) is 15.4. The highest BCUT2D eigenvalue weighted by Crippen LogP contribution is 2.25. The van der Waals surface area contributed by atoms with Crippen LogP contribution in [-0.4, -0.2) is 45.8 Å². The summed E-state index contributed by atoms with van der Waals surface area (Å²) in [5.41, 5.74) is 4.81. The van der Waals surface area contributed by atoms with Crippen LogP contribution in [0.3, 0.4) is 0 Å². The highest BCUT2D eigenvalue weighted by atomic mass is 16.5. The number of pyridine rings is 1. The van der Waals surface area contributed by atoms with Gasteiger partial charge in [-0.05, 0) is 48.7 Å². The average Bonchev–Trinajstić information content (AvgIpc) is 3.23. The Hall–Kier alpha value is -3.65. The van der Waals surface area contributed by atoms with Gasteiger partial charge in [-0.15, -0.1) is 0 Å². The van der Waals surface area contributed by atoms with Crippen molar-refractivity contribution in [3.63, 3.8) is 0 Å². The molecule has 2 aromatic heterocycles. The Bertz CT molecular complexity index is 1050. The first kappa shape index (κ1) is 19.7. The molecule has 0 atom stereocenters.